The molecule has 2 rings (SSSR count). The molecule has 1 N–H and O–H groups in total. The number of benzene rings is 2. The molecule has 0 aliphatic carbocycles. The highest BCUT2D eigenvalue weighted by molar-refractivity contribution is 6.12. The Bertz CT molecular complexity index is 489. The smallest absolute Gasteiger partial charge is 0.0973 e. The van der Waals surface area contributed by atoms with Gasteiger partial charge >= 0.3 is 0 Å². The number of nitrogens with one attached hydrogen (secondary N) is 1. The molecule has 0 radical (unpaired) electrons. The summed E-state index contributed by atoms with van der Waals surface area (Å²) >= 11 is 0. The maximum Gasteiger partial charge on any atom is 0.0973 e. The van der Waals surface area contributed by atoms with Gasteiger partial charge in [0.1, 0.15) is 0 Å². The van der Waals surface area contributed by atoms with Crippen molar-refractivity contribution in [3.8, 4) is 0 Å². The van der Waals surface area contributed by atoms with Crippen LogP contribution in [0.15, 0.2) is 53.6 Å². The largest absolute Gasteiger partial charge is 0.313 e. The predicted octanol–water partition coefficient (Wildman–Crippen LogP) is 3.28. The van der Waals surface area contributed by atoms with E-state index < -0.39 is 0 Å². The quantitative estimate of drug-likeness (QED) is 0.644. The third-order valence-corrected chi connectivity index (χ3v) is 2.87. The highest BCUT2D eigenvalue weighted by Crippen LogP contribution is 2.12. The summed E-state index contributed by atoms with van der Waals surface area (Å²) in [6.07, 6.45) is 0. The van der Waals surface area contributed by atoms with E-state index in [1.807, 2.05) is 7.05 Å². The summed E-state index contributed by atoms with van der Waals surface area (Å²) < 4.78 is 0. The fourth-order valence-electron chi connectivity index (χ4n) is 1.83. The Morgan fingerprint density at radius 2 is 1.17 bits per heavy atom. The van der Waals surface area contributed by atoms with Gasteiger partial charge in [-0.1, -0.05) is 59.7 Å². The van der Waals surface area contributed by atoms with Crippen molar-refractivity contribution in [3.63, 3.8) is 0 Å². The van der Waals surface area contributed by atoms with Crippen LogP contribution in [0.2, 0.25) is 0 Å². The van der Waals surface area contributed by atoms with Gasteiger partial charge in [-0.25, -0.2) is 0 Å². The summed E-state index contributed by atoms with van der Waals surface area (Å²) in [5, 5.41) is 4.39. The van der Waals surface area contributed by atoms with Gasteiger partial charge in [-0.05, 0) is 13.8 Å². The molecule has 0 aliphatic heterocycles. The first-order valence-corrected chi connectivity index (χ1v) is 6.09. The Morgan fingerprint density at radius 3 is 1.50 bits per heavy atom. The molecule has 0 aromatic heterocycles. The van der Waals surface area contributed by atoms with Crippen molar-refractivity contribution in [2.24, 2.45) is 5.10 Å². The lowest BCUT2D eigenvalue weighted by Gasteiger charge is -2.08. The molecule has 0 amide bonds. The van der Waals surface area contributed by atoms with Crippen LogP contribution in [0.25, 0.3) is 0 Å². The monoisotopic (exact) mass is 238 g/mol. The summed E-state index contributed by atoms with van der Waals surface area (Å²) in [5.41, 5.74) is 8.61. The first-order chi connectivity index (χ1) is 8.70. The molecule has 0 unspecified atom stereocenters. The van der Waals surface area contributed by atoms with Gasteiger partial charge in [0.2, 0.25) is 0 Å². The Morgan fingerprint density at radius 1 is 0.778 bits per heavy atom. The van der Waals surface area contributed by atoms with E-state index >= 15 is 0 Å². The van der Waals surface area contributed by atoms with Crippen molar-refractivity contribution >= 4 is 5.71 Å². The SMILES string of the molecule is CNN=C(c1ccc(C)cc1)c1ccc(C)cc1. The zero-order chi connectivity index (χ0) is 13.0. The fraction of sp³-hybridized carbons (Fsp3) is 0.188. The van der Waals surface area contributed by atoms with Gasteiger partial charge in [0.15, 0.2) is 0 Å². The molecule has 0 bridgehead atoms. The van der Waals surface area contributed by atoms with Gasteiger partial charge in [-0.15, -0.1) is 0 Å². The van der Waals surface area contributed by atoms with E-state index in [-0.39, 0.29) is 0 Å². The Kier molecular flexibility index (Phi) is 3.78. The van der Waals surface area contributed by atoms with Crippen LogP contribution in [0.3, 0.4) is 0 Å². The van der Waals surface area contributed by atoms with Gasteiger partial charge < -0.3 is 5.43 Å². The zero-order valence-corrected chi connectivity index (χ0v) is 11.1. The predicted molar refractivity (Wildman–Crippen MR) is 77.1 cm³/mol. The number of nitrogens with zero attached hydrogens (tertiary/aromatic N) is 1. The number of hydrogen-bond donors (Lipinski definition) is 1. The molecule has 0 saturated carbocycles. The van der Waals surface area contributed by atoms with Crippen LogP contribution < -0.4 is 5.43 Å². The standard InChI is InChI=1S/C16H18N2/c1-12-4-8-14(9-5-12)16(18-17-3)15-10-6-13(2)7-11-15/h4-11,17H,1-3H3. The third-order valence-electron chi connectivity index (χ3n) is 2.87. The van der Waals surface area contributed by atoms with E-state index in [4.69, 9.17) is 0 Å². The van der Waals surface area contributed by atoms with E-state index in [1.165, 1.54) is 11.1 Å². The van der Waals surface area contributed by atoms with Crippen LogP contribution >= 0.6 is 0 Å². The van der Waals surface area contributed by atoms with Crippen molar-refractivity contribution in [2.75, 3.05) is 7.05 Å². The van der Waals surface area contributed by atoms with Crippen molar-refractivity contribution < 1.29 is 0 Å². The van der Waals surface area contributed by atoms with E-state index in [1.54, 1.807) is 0 Å². The Hall–Kier alpha value is -2.09. The number of hydrazone groups is 1. The molecule has 0 heterocycles. The average Bonchev–Trinajstić information content (AvgIpc) is 2.39. The number of aryl methyl sites for hydroxylation is 2. The maximum atomic E-state index is 4.39. The number of hydrogen-bond acceptors (Lipinski definition) is 2. The molecule has 92 valence electrons. The first-order valence-electron chi connectivity index (χ1n) is 6.09. The summed E-state index contributed by atoms with van der Waals surface area (Å²) in [6.45, 7) is 4.18. The normalized spacial score (nSPS) is 9.94. The molecule has 0 saturated heterocycles. The van der Waals surface area contributed by atoms with Crippen molar-refractivity contribution in [1.82, 2.24) is 5.43 Å². The second-order valence-electron chi connectivity index (χ2n) is 4.42. The van der Waals surface area contributed by atoms with Crippen LogP contribution in [0, 0.1) is 13.8 Å². The van der Waals surface area contributed by atoms with Gasteiger partial charge in [0.25, 0.3) is 0 Å². The minimum absolute atomic E-state index is 0.970. The van der Waals surface area contributed by atoms with Gasteiger partial charge in [0.05, 0.1) is 5.71 Å². The lowest BCUT2D eigenvalue weighted by molar-refractivity contribution is 0.901. The van der Waals surface area contributed by atoms with E-state index in [0.717, 1.165) is 16.8 Å². The molecule has 0 spiro atoms. The van der Waals surface area contributed by atoms with Crippen LogP contribution in [-0.2, 0) is 0 Å². The second-order valence-corrected chi connectivity index (χ2v) is 4.42. The molecular formula is C16H18N2. The molecule has 2 aromatic carbocycles. The molecule has 0 fully saturated rings. The molecule has 2 aromatic rings. The molecule has 18 heavy (non-hydrogen) atoms. The van der Waals surface area contributed by atoms with E-state index in [0.29, 0.717) is 0 Å². The van der Waals surface area contributed by atoms with Crippen LogP contribution in [0.4, 0.5) is 0 Å². The molecule has 2 heteroatoms. The lowest BCUT2D eigenvalue weighted by atomic mass is 10.0. The molecule has 0 atom stereocenters. The molecule has 2 nitrogen and oxygen atoms in total. The fourth-order valence-corrected chi connectivity index (χ4v) is 1.83. The minimum atomic E-state index is 0.970. The molecular weight excluding hydrogens is 220 g/mol. The Labute approximate surface area is 108 Å². The Balaban J connectivity index is 2.43. The van der Waals surface area contributed by atoms with Crippen molar-refractivity contribution in [1.29, 1.82) is 0 Å². The van der Waals surface area contributed by atoms with Gasteiger partial charge in [-0.2, -0.15) is 5.10 Å². The summed E-state index contributed by atoms with van der Waals surface area (Å²) in [4.78, 5) is 0. The van der Waals surface area contributed by atoms with Crippen molar-refractivity contribution in [3.05, 3.63) is 70.8 Å². The summed E-state index contributed by atoms with van der Waals surface area (Å²) in [7, 11) is 1.82. The van der Waals surface area contributed by atoms with E-state index in [9.17, 15) is 0 Å². The molecule has 0 aliphatic rings. The van der Waals surface area contributed by atoms with Gasteiger partial charge in [-0.3, -0.25) is 0 Å². The second kappa shape index (κ2) is 5.50. The lowest BCUT2D eigenvalue weighted by Crippen LogP contribution is -2.09. The highest BCUT2D eigenvalue weighted by Gasteiger charge is 2.06. The summed E-state index contributed by atoms with van der Waals surface area (Å²) in [5.74, 6) is 0. The minimum Gasteiger partial charge on any atom is -0.313 e. The van der Waals surface area contributed by atoms with E-state index in [2.05, 4.69) is 72.9 Å². The zero-order valence-electron chi connectivity index (χ0n) is 11.1. The third kappa shape index (κ3) is 2.77. The van der Waals surface area contributed by atoms with Crippen LogP contribution in [-0.4, -0.2) is 12.8 Å². The van der Waals surface area contributed by atoms with Crippen LogP contribution in [0.5, 0.6) is 0 Å². The van der Waals surface area contributed by atoms with Crippen molar-refractivity contribution in [2.45, 2.75) is 13.8 Å². The van der Waals surface area contributed by atoms with Gasteiger partial charge in [0, 0.05) is 18.2 Å². The first kappa shape index (κ1) is 12.4. The average molecular weight is 238 g/mol. The highest BCUT2D eigenvalue weighted by atomic mass is 15.3. The maximum absolute atomic E-state index is 4.39. The van der Waals surface area contributed by atoms with Crippen LogP contribution in [0.1, 0.15) is 22.3 Å². The number of rotatable bonds is 3. The topological polar surface area (TPSA) is 24.4 Å². The summed E-state index contributed by atoms with van der Waals surface area (Å²) in [6, 6.07) is 16.8.